The van der Waals surface area contributed by atoms with Crippen LogP contribution in [0, 0.1) is 0 Å². The average Bonchev–Trinajstić information content (AvgIpc) is 2.29. The van der Waals surface area contributed by atoms with E-state index in [0.717, 1.165) is 0 Å². The molecule has 0 radical (unpaired) electrons. The van der Waals surface area contributed by atoms with E-state index in [-0.39, 0.29) is 12.3 Å². The van der Waals surface area contributed by atoms with Crippen LogP contribution in [-0.2, 0) is 16.1 Å². The molecule has 0 aliphatic heterocycles. The highest BCUT2D eigenvalue weighted by Gasteiger charge is 2.07. The Kier molecular flexibility index (Phi) is 4.27. The Hall–Kier alpha value is -2.31. The predicted octanol–water partition coefficient (Wildman–Crippen LogP) is -0.976. The molecule has 0 aromatic carbocycles. The molecule has 0 bridgehead atoms. The fourth-order valence-corrected chi connectivity index (χ4v) is 1.15. The summed E-state index contributed by atoms with van der Waals surface area (Å²) in [5.74, 6) is -0.744. The van der Waals surface area contributed by atoms with Gasteiger partial charge in [0.25, 0.3) is 11.5 Å². The molecule has 1 aromatic heterocycles. The number of methoxy groups -OCH3 is 1. The zero-order valence-corrected chi connectivity index (χ0v) is 9.52. The molecule has 2 amide bonds. The summed E-state index contributed by atoms with van der Waals surface area (Å²) in [6.45, 7) is 1.06. The van der Waals surface area contributed by atoms with Crippen LogP contribution in [0.4, 0.5) is 0 Å². The number of pyridine rings is 1. The van der Waals surface area contributed by atoms with Gasteiger partial charge in [0.1, 0.15) is 6.54 Å². The van der Waals surface area contributed by atoms with Crippen LogP contribution < -0.4 is 21.1 Å². The van der Waals surface area contributed by atoms with E-state index in [1.54, 1.807) is 6.07 Å². The molecular weight excluding hydrogens is 226 g/mol. The molecular formula is C10H13N3O4. The van der Waals surface area contributed by atoms with Crippen molar-refractivity contribution in [2.45, 2.75) is 13.5 Å². The number of amides is 2. The van der Waals surface area contributed by atoms with E-state index in [4.69, 9.17) is 4.74 Å². The minimum absolute atomic E-state index is 0.153. The van der Waals surface area contributed by atoms with Crippen molar-refractivity contribution < 1.29 is 14.3 Å². The van der Waals surface area contributed by atoms with E-state index in [1.807, 2.05) is 0 Å². The first-order valence-electron chi connectivity index (χ1n) is 4.83. The summed E-state index contributed by atoms with van der Waals surface area (Å²) in [6, 6.07) is 3.09. The number of nitrogens with one attached hydrogen (secondary N) is 2. The third-order valence-electron chi connectivity index (χ3n) is 1.90. The van der Waals surface area contributed by atoms with Gasteiger partial charge in [-0.2, -0.15) is 0 Å². The van der Waals surface area contributed by atoms with Crippen LogP contribution in [-0.4, -0.2) is 23.5 Å². The lowest BCUT2D eigenvalue weighted by atomic mass is 10.4. The SMILES string of the molecule is COc1cccn(CC(=O)NNC(C)=O)c1=O. The van der Waals surface area contributed by atoms with Crippen molar-refractivity contribution in [1.29, 1.82) is 0 Å². The fourth-order valence-electron chi connectivity index (χ4n) is 1.15. The number of hydrogen-bond acceptors (Lipinski definition) is 4. The Morgan fingerprint density at radius 3 is 2.71 bits per heavy atom. The van der Waals surface area contributed by atoms with Crippen LogP contribution >= 0.6 is 0 Å². The lowest BCUT2D eigenvalue weighted by Crippen LogP contribution is -2.43. The monoisotopic (exact) mass is 239 g/mol. The molecule has 7 nitrogen and oxygen atoms in total. The average molecular weight is 239 g/mol. The molecule has 0 spiro atoms. The Balaban J connectivity index is 2.72. The minimum Gasteiger partial charge on any atom is -0.491 e. The van der Waals surface area contributed by atoms with Crippen molar-refractivity contribution in [3.63, 3.8) is 0 Å². The van der Waals surface area contributed by atoms with Crippen molar-refractivity contribution in [2.75, 3.05) is 7.11 Å². The molecule has 2 N–H and O–H groups in total. The maximum atomic E-state index is 11.6. The summed E-state index contributed by atoms with van der Waals surface area (Å²) < 4.78 is 6.01. The molecule has 1 rings (SSSR count). The van der Waals surface area contributed by atoms with Crippen LogP contribution in [0.25, 0.3) is 0 Å². The lowest BCUT2D eigenvalue weighted by molar-refractivity contribution is -0.128. The summed E-state index contributed by atoms with van der Waals surface area (Å²) in [5, 5.41) is 0. The summed E-state index contributed by atoms with van der Waals surface area (Å²) in [6.07, 6.45) is 1.46. The summed E-state index contributed by atoms with van der Waals surface area (Å²) in [5.41, 5.74) is 3.88. The van der Waals surface area contributed by atoms with Gasteiger partial charge in [-0.3, -0.25) is 25.2 Å². The number of hydrazine groups is 1. The maximum Gasteiger partial charge on any atom is 0.293 e. The van der Waals surface area contributed by atoms with Gasteiger partial charge in [-0.05, 0) is 12.1 Å². The van der Waals surface area contributed by atoms with Crippen LogP contribution in [0.15, 0.2) is 23.1 Å². The molecule has 0 atom stereocenters. The van der Waals surface area contributed by atoms with Crippen molar-refractivity contribution in [2.24, 2.45) is 0 Å². The maximum absolute atomic E-state index is 11.6. The van der Waals surface area contributed by atoms with Gasteiger partial charge in [0.05, 0.1) is 7.11 Å². The Labute approximate surface area is 97.4 Å². The number of nitrogens with zero attached hydrogens (tertiary/aromatic N) is 1. The second-order valence-corrected chi connectivity index (χ2v) is 3.24. The minimum atomic E-state index is -0.504. The van der Waals surface area contributed by atoms with Crippen LogP contribution in [0.1, 0.15) is 6.92 Å². The zero-order chi connectivity index (χ0) is 12.8. The van der Waals surface area contributed by atoms with E-state index in [2.05, 4.69) is 10.9 Å². The van der Waals surface area contributed by atoms with Crippen LogP contribution in [0.2, 0.25) is 0 Å². The molecule has 92 valence electrons. The second kappa shape index (κ2) is 5.69. The number of carbonyl (C=O) groups excluding carboxylic acids is 2. The normalized spacial score (nSPS) is 9.53. The largest absolute Gasteiger partial charge is 0.491 e. The lowest BCUT2D eigenvalue weighted by Gasteiger charge is -2.08. The second-order valence-electron chi connectivity index (χ2n) is 3.24. The Morgan fingerprint density at radius 2 is 2.12 bits per heavy atom. The molecule has 0 unspecified atom stereocenters. The molecule has 0 aliphatic rings. The van der Waals surface area contributed by atoms with Crippen molar-refractivity contribution >= 4 is 11.8 Å². The molecule has 7 heteroatoms. The number of rotatable bonds is 3. The molecule has 17 heavy (non-hydrogen) atoms. The van der Waals surface area contributed by atoms with Gasteiger partial charge >= 0.3 is 0 Å². The van der Waals surface area contributed by atoms with E-state index >= 15 is 0 Å². The molecule has 0 aliphatic carbocycles. The standard InChI is InChI=1S/C10H13N3O4/c1-7(14)11-12-9(15)6-13-5-3-4-8(17-2)10(13)16/h3-5H,6H2,1-2H3,(H,11,14)(H,12,15). The number of hydrogen-bond donors (Lipinski definition) is 2. The summed E-state index contributed by atoms with van der Waals surface area (Å²) in [4.78, 5) is 33.5. The highest BCUT2D eigenvalue weighted by molar-refractivity contribution is 5.80. The van der Waals surface area contributed by atoms with Crippen molar-refractivity contribution in [3.8, 4) is 5.75 Å². The molecule has 0 saturated carbocycles. The first-order chi connectivity index (χ1) is 8.04. The van der Waals surface area contributed by atoms with Gasteiger partial charge in [-0.1, -0.05) is 0 Å². The Morgan fingerprint density at radius 1 is 1.41 bits per heavy atom. The van der Waals surface area contributed by atoms with E-state index in [0.29, 0.717) is 0 Å². The zero-order valence-electron chi connectivity index (χ0n) is 9.52. The third-order valence-corrected chi connectivity index (χ3v) is 1.90. The van der Waals surface area contributed by atoms with Crippen molar-refractivity contribution in [1.82, 2.24) is 15.4 Å². The molecule has 1 heterocycles. The predicted molar refractivity (Wildman–Crippen MR) is 59.2 cm³/mol. The van der Waals surface area contributed by atoms with Gasteiger partial charge in [-0.15, -0.1) is 0 Å². The quantitative estimate of drug-likeness (QED) is 0.664. The number of aromatic nitrogens is 1. The molecule has 0 fully saturated rings. The van der Waals surface area contributed by atoms with Gasteiger partial charge in [-0.25, -0.2) is 0 Å². The number of carbonyl (C=O) groups is 2. The van der Waals surface area contributed by atoms with Crippen LogP contribution in [0.3, 0.4) is 0 Å². The van der Waals surface area contributed by atoms with E-state index < -0.39 is 17.4 Å². The van der Waals surface area contributed by atoms with Gasteiger partial charge < -0.3 is 9.30 Å². The van der Waals surface area contributed by atoms with Gasteiger partial charge in [0.15, 0.2) is 5.75 Å². The Bertz CT molecular complexity index is 481. The van der Waals surface area contributed by atoms with E-state index in [1.165, 1.54) is 30.9 Å². The molecule has 0 saturated heterocycles. The third kappa shape index (κ3) is 3.63. The smallest absolute Gasteiger partial charge is 0.293 e. The summed E-state index contributed by atoms with van der Waals surface area (Å²) >= 11 is 0. The topological polar surface area (TPSA) is 89.4 Å². The summed E-state index contributed by atoms with van der Waals surface area (Å²) in [7, 11) is 1.37. The fraction of sp³-hybridized carbons (Fsp3) is 0.300. The number of ether oxygens (including phenoxy) is 1. The van der Waals surface area contributed by atoms with Crippen LogP contribution in [0.5, 0.6) is 5.75 Å². The first-order valence-corrected chi connectivity index (χ1v) is 4.83. The molecule has 1 aromatic rings. The highest BCUT2D eigenvalue weighted by Crippen LogP contribution is 1.99. The van der Waals surface area contributed by atoms with Gasteiger partial charge in [0, 0.05) is 13.1 Å². The van der Waals surface area contributed by atoms with Crippen molar-refractivity contribution in [3.05, 3.63) is 28.7 Å². The highest BCUT2D eigenvalue weighted by atomic mass is 16.5. The van der Waals surface area contributed by atoms with Gasteiger partial charge in [0.2, 0.25) is 5.91 Å². The first kappa shape index (κ1) is 12.8. The van der Waals surface area contributed by atoms with E-state index in [9.17, 15) is 14.4 Å².